The normalized spacial score (nSPS) is 31.0. The predicted octanol–water partition coefficient (Wildman–Crippen LogP) is 0.608. The lowest BCUT2D eigenvalue weighted by atomic mass is 9.79. The number of aliphatic hydroxyl groups excluding tert-OH is 2. The zero-order valence-corrected chi connectivity index (χ0v) is 19.2. The van der Waals surface area contributed by atoms with Crippen molar-refractivity contribution in [3.63, 3.8) is 0 Å². The molecule has 9 nitrogen and oxygen atoms in total. The maximum Gasteiger partial charge on any atom is 0.353 e. The number of likely N-dealkylation sites (tertiary alicyclic amines) is 1. The Labute approximate surface area is 189 Å². The largest absolute Gasteiger partial charge is 0.477 e. The highest BCUT2D eigenvalue weighted by molar-refractivity contribution is 8.03. The van der Waals surface area contributed by atoms with Gasteiger partial charge in [-0.3, -0.25) is 15.0 Å². The lowest BCUT2D eigenvalue weighted by Gasteiger charge is -2.46. The second kappa shape index (κ2) is 9.93. The number of aliphatic hydroxyl groups is 2. The number of Topliss-reactive ketones (excluding diaryl/α,β-unsaturated/α-hetero) is 1. The molecule has 0 aromatic rings. The third-order valence-corrected chi connectivity index (χ3v) is 8.79. The van der Waals surface area contributed by atoms with Crippen molar-refractivity contribution in [3.05, 3.63) is 10.6 Å². The Morgan fingerprint density at radius 2 is 2.10 bits per heavy atom. The quantitative estimate of drug-likeness (QED) is 0.194. The number of amides is 1. The van der Waals surface area contributed by atoms with Crippen LogP contribution >= 0.6 is 23.5 Å². The SMILES string of the molecule is C[C@@H](O)[C@H]1C(=O)N2C(C(=O)O)=C(S[C@H]3C[C@@H](CSCC(=O)CCO)N(C=N)C3)[C@H](C)[C@H]12. The molecule has 0 unspecified atom stereocenters. The number of aliphatic carboxylic acids is 1. The first-order valence-corrected chi connectivity index (χ1v) is 12.4. The van der Waals surface area contributed by atoms with Crippen molar-refractivity contribution in [3.8, 4) is 0 Å². The van der Waals surface area contributed by atoms with Crippen LogP contribution in [0.3, 0.4) is 0 Å². The van der Waals surface area contributed by atoms with E-state index in [-0.39, 0.29) is 53.7 Å². The van der Waals surface area contributed by atoms with E-state index in [1.807, 2.05) is 11.8 Å². The topological polar surface area (TPSA) is 142 Å². The number of carbonyl (C=O) groups excluding carboxylic acids is 2. The number of hydrogen-bond donors (Lipinski definition) is 4. The predicted molar refractivity (Wildman–Crippen MR) is 119 cm³/mol. The second-order valence-corrected chi connectivity index (χ2v) is 10.6. The monoisotopic (exact) mass is 471 g/mol. The van der Waals surface area contributed by atoms with Crippen LogP contribution in [0.25, 0.3) is 0 Å². The van der Waals surface area contributed by atoms with Crippen LogP contribution in [0.2, 0.25) is 0 Å². The molecule has 3 heterocycles. The fraction of sp³-hybridized carbons (Fsp3) is 0.700. The molecular formula is C20H29N3O6S2. The summed E-state index contributed by atoms with van der Waals surface area (Å²) in [7, 11) is 0. The van der Waals surface area contributed by atoms with E-state index in [2.05, 4.69) is 0 Å². The summed E-state index contributed by atoms with van der Waals surface area (Å²) in [6.45, 7) is 3.90. The first-order valence-electron chi connectivity index (χ1n) is 10.3. The van der Waals surface area contributed by atoms with Gasteiger partial charge in [0.05, 0.1) is 30.2 Å². The number of carboxylic acids is 1. The smallest absolute Gasteiger partial charge is 0.353 e. The van der Waals surface area contributed by atoms with Crippen LogP contribution in [-0.2, 0) is 14.4 Å². The van der Waals surface area contributed by atoms with Gasteiger partial charge < -0.3 is 25.1 Å². The van der Waals surface area contributed by atoms with Crippen molar-refractivity contribution >= 4 is 47.5 Å². The molecule has 0 bridgehead atoms. The molecule has 0 aliphatic carbocycles. The minimum Gasteiger partial charge on any atom is -0.477 e. The fourth-order valence-corrected chi connectivity index (χ4v) is 7.33. The van der Waals surface area contributed by atoms with Crippen molar-refractivity contribution < 1.29 is 29.7 Å². The van der Waals surface area contributed by atoms with Gasteiger partial charge in [-0.15, -0.1) is 11.8 Å². The number of hydrogen-bond acceptors (Lipinski definition) is 8. The molecule has 0 saturated carbocycles. The van der Waals surface area contributed by atoms with E-state index < -0.39 is 18.0 Å². The third-order valence-electron chi connectivity index (χ3n) is 6.15. The maximum absolute atomic E-state index is 12.5. The average molecular weight is 472 g/mol. The first kappa shape index (κ1) is 24.1. The Hall–Kier alpha value is -1.56. The minimum atomic E-state index is -1.13. The van der Waals surface area contributed by atoms with Crippen LogP contribution < -0.4 is 0 Å². The lowest BCUT2D eigenvalue weighted by molar-refractivity contribution is -0.163. The minimum absolute atomic E-state index is 0.00396. The zero-order chi connectivity index (χ0) is 22.9. The molecule has 172 valence electrons. The Morgan fingerprint density at radius 1 is 1.39 bits per heavy atom. The van der Waals surface area contributed by atoms with Gasteiger partial charge in [-0.2, -0.15) is 11.8 Å². The van der Waals surface area contributed by atoms with E-state index in [1.165, 1.54) is 34.8 Å². The van der Waals surface area contributed by atoms with Crippen LogP contribution in [0.5, 0.6) is 0 Å². The van der Waals surface area contributed by atoms with Crippen molar-refractivity contribution in [1.82, 2.24) is 9.80 Å². The molecular weight excluding hydrogens is 442 g/mol. The number of fused-ring (bicyclic) bond motifs is 1. The van der Waals surface area contributed by atoms with Gasteiger partial charge in [0.1, 0.15) is 11.5 Å². The molecule has 6 atom stereocenters. The molecule has 3 aliphatic heterocycles. The van der Waals surface area contributed by atoms with Gasteiger partial charge in [-0.25, -0.2) is 4.79 Å². The molecule has 31 heavy (non-hydrogen) atoms. The van der Waals surface area contributed by atoms with Crippen LogP contribution in [0.15, 0.2) is 10.6 Å². The molecule has 0 spiro atoms. The molecule has 3 aliphatic rings. The number of β-lactam (4-membered cyclic amide) rings is 1. The summed E-state index contributed by atoms with van der Waals surface area (Å²) in [6.07, 6.45) is 1.35. The Bertz CT molecular complexity index is 789. The highest BCUT2D eigenvalue weighted by Gasteiger charge is 2.60. The van der Waals surface area contributed by atoms with Crippen molar-refractivity contribution in [2.45, 2.75) is 50.1 Å². The van der Waals surface area contributed by atoms with Crippen molar-refractivity contribution in [2.24, 2.45) is 11.8 Å². The van der Waals surface area contributed by atoms with E-state index in [1.54, 1.807) is 6.92 Å². The van der Waals surface area contributed by atoms with Crippen molar-refractivity contribution in [2.75, 3.05) is 24.7 Å². The van der Waals surface area contributed by atoms with E-state index in [9.17, 15) is 24.6 Å². The van der Waals surface area contributed by atoms with Crippen LogP contribution in [-0.4, -0.2) is 97.2 Å². The molecule has 11 heteroatoms. The van der Waals surface area contributed by atoms with E-state index in [4.69, 9.17) is 10.5 Å². The van der Waals surface area contributed by atoms with E-state index in [0.29, 0.717) is 23.0 Å². The molecule has 3 rings (SSSR count). The van der Waals surface area contributed by atoms with Gasteiger partial charge >= 0.3 is 5.97 Å². The fourth-order valence-electron chi connectivity index (χ4n) is 4.67. The van der Waals surface area contributed by atoms with Crippen LogP contribution in [0, 0.1) is 17.2 Å². The van der Waals surface area contributed by atoms with Crippen molar-refractivity contribution in [1.29, 1.82) is 5.41 Å². The van der Waals surface area contributed by atoms with Crippen LogP contribution in [0.4, 0.5) is 0 Å². The van der Waals surface area contributed by atoms with Gasteiger partial charge in [0.2, 0.25) is 5.91 Å². The summed E-state index contributed by atoms with van der Waals surface area (Å²) in [5.41, 5.74) is 0.0261. The summed E-state index contributed by atoms with van der Waals surface area (Å²) >= 11 is 2.94. The molecule has 2 fully saturated rings. The molecule has 2 saturated heterocycles. The number of nitrogens with zero attached hydrogens (tertiary/aromatic N) is 2. The highest BCUT2D eigenvalue weighted by atomic mass is 32.2. The summed E-state index contributed by atoms with van der Waals surface area (Å²) in [5, 5.41) is 36.3. The second-order valence-electron chi connectivity index (χ2n) is 8.25. The number of thioether (sulfide) groups is 2. The molecule has 0 aromatic carbocycles. The summed E-state index contributed by atoms with van der Waals surface area (Å²) in [5.74, 6) is -1.24. The molecule has 1 amide bonds. The number of carboxylic acid groups (broad SMARTS) is 1. The lowest BCUT2D eigenvalue weighted by Crippen LogP contribution is -2.63. The Morgan fingerprint density at radius 3 is 2.68 bits per heavy atom. The highest BCUT2D eigenvalue weighted by Crippen LogP contribution is 2.52. The average Bonchev–Trinajstić information content (AvgIpc) is 3.19. The van der Waals surface area contributed by atoms with Gasteiger partial charge in [-0.1, -0.05) is 6.92 Å². The standard InChI is InChI=1S/C20H29N3O6S2/c1-10-16-15(11(2)25)19(27)23(16)17(20(28)29)18(10)31-14-5-12(22(6-14)9-21)7-30-8-13(26)3-4-24/h9-12,14-16,21,24-25H,3-8H2,1-2H3,(H,28,29)/t10-,11-,12+,14+,15-,16-/m1/s1. The summed E-state index contributed by atoms with van der Waals surface area (Å²) in [4.78, 5) is 39.9. The zero-order valence-electron chi connectivity index (χ0n) is 17.6. The third kappa shape index (κ3) is 4.64. The Balaban J connectivity index is 1.67. The van der Waals surface area contributed by atoms with E-state index in [0.717, 1.165) is 6.42 Å². The maximum atomic E-state index is 12.5. The number of nitrogens with one attached hydrogen (secondary N) is 1. The molecule has 4 N–H and O–H groups in total. The van der Waals surface area contributed by atoms with E-state index >= 15 is 0 Å². The van der Waals surface area contributed by atoms with Gasteiger partial charge in [0, 0.05) is 47.4 Å². The van der Waals surface area contributed by atoms with Gasteiger partial charge in [0.25, 0.3) is 0 Å². The summed E-state index contributed by atoms with van der Waals surface area (Å²) < 4.78 is 0. The number of ketones is 1. The molecule has 0 aromatic heterocycles. The van der Waals surface area contributed by atoms with Gasteiger partial charge in [-0.05, 0) is 13.3 Å². The number of rotatable bonds is 11. The van der Waals surface area contributed by atoms with Crippen LogP contribution in [0.1, 0.15) is 26.7 Å². The number of carbonyl (C=O) groups is 3. The summed E-state index contributed by atoms with van der Waals surface area (Å²) in [6, 6.07) is -0.262. The molecule has 0 radical (unpaired) electrons. The Kier molecular flexibility index (Phi) is 7.72. The van der Waals surface area contributed by atoms with Gasteiger partial charge in [0.15, 0.2) is 0 Å². The first-order chi connectivity index (χ1) is 14.7.